The van der Waals surface area contributed by atoms with Crippen LogP contribution in [0.2, 0.25) is 0 Å². The van der Waals surface area contributed by atoms with Gasteiger partial charge in [0.2, 0.25) is 23.0 Å². The van der Waals surface area contributed by atoms with Crippen LogP contribution < -0.4 is 4.57 Å². The number of Topliss-reactive ketones (excluding diaryl/α,β-unsaturated/α-hetero) is 2. The van der Waals surface area contributed by atoms with Crippen LogP contribution in [0, 0.1) is 6.92 Å². The first kappa shape index (κ1) is 17.5. The number of aromatic nitrogens is 4. The number of ether oxygens (including phenoxy) is 1. The van der Waals surface area contributed by atoms with Crippen LogP contribution in [0.5, 0.6) is 0 Å². The second-order valence-electron chi connectivity index (χ2n) is 6.64. The number of hydrogen-bond donors (Lipinski definition) is 0. The smallest absolute Gasteiger partial charge is 0.254 e. The largest absolute Gasteiger partial charge is 0.381 e. The molecule has 0 N–H and O–H groups in total. The number of methoxy groups -OCH3 is 1. The highest BCUT2D eigenvalue weighted by molar-refractivity contribution is 6.29. The van der Waals surface area contributed by atoms with Crippen molar-refractivity contribution in [2.24, 2.45) is 0 Å². The van der Waals surface area contributed by atoms with Crippen molar-refractivity contribution in [2.45, 2.75) is 32.9 Å². The summed E-state index contributed by atoms with van der Waals surface area (Å²) in [5, 5.41) is 0. The molecule has 2 aromatic rings. The summed E-state index contributed by atoms with van der Waals surface area (Å²) in [4.78, 5) is 34.9. The number of nitrogens with zero attached hydrogens (tertiary/aromatic N) is 4. The average molecular weight is 365 g/mol. The molecule has 4 rings (SSSR count). The first-order chi connectivity index (χ1) is 13.1. The van der Waals surface area contributed by atoms with Gasteiger partial charge in [0.1, 0.15) is 18.8 Å². The summed E-state index contributed by atoms with van der Waals surface area (Å²) in [5.41, 5.74) is 2.67. The topological polar surface area (TPSA) is 78.0 Å². The lowest BCUT2D eigenvalue weighted by Gasteiger charge is -2.18. The first-order valence-electron chi connectivity index (χ1n) is 9.00. The van der Waals surface area contributed by atoms with Crippen LogP contribution in [0.4, 0.5) is 0 Å². The number of imidazole rings is 1. The van der Waals surface area contributed by atoms with Crippen LogP contribution in [0.3, 0.4) is 0 Å². The summed E-state index contributed by atoms with van der Waals surface area (Å²) in [7, 11) is 1.62. The molecule has 27 heavy (non-hydrogen) atoms. The Morgan fingerprint density at radius 1 is 1.15 bits per heavy atom. The molecule has 2 heterocycles. The molecule has 2 aromatic heterocycles. The van der Waals surface area contributed by atoms with Crippen LogP contribution in [0.15, 0.2) is 41.9 Å². The van der Waals surface area contributed by atoms with Gasteiger partial charge in [-0.15, -0.1) is 0 Å². The van der Waals surface area contributed by atoms with Crippen LogP contribution >= 0.6 is 0 Å². The molecule has 2 aliphatic carbocycles. The molecule has 0 saturated carbocycles. The van der Waals surface area contributed by atoms with Crippen molar-refractivity contribution in [3.63, 3.8) is 0 Å². The number of rotatable bonds is 5. The number of carbonyl (C=O) groups excluding carboxylic acids is 2. The molecule has 0 unspecified atom stereocenters. The maximum Gasteiger partial charge on any atom is 0.254 e. The van der Waals surface area contributed by atoms with Crippen LogP contribution in [-0.4, -0.2) is 39.8 Å². The zero-order valence-corrected chi connectivity index (χ0v) is 15.4. The van der Waals surface area contributed by atoms with E-state index in [1.54, 1.807) is 25.7 Å². The van der Waals surface area contributed by atoms with Crippen molar-refractivity contribution in [3.8, 4) is 0 Å². The Hall–Kier alpha value is -2.93. The molecular formula is C20H21N4O3+. The maximum absolute atomic E-state index is 13.3. The lowest BCUT2D eigenvalue weighted by Crippen LogP contribution is -2.44. The minimum Gasteiger partial charge on any atom is -0.381 e. The van der Waals surface area contributed by atoms with Gasteiger partial charge < -0.3 is 4.74 Å². The van der Waals surface area contributed by atoms with Gasteiger partial charge in [0.05, 0.1) is 12.8 Å². The molecule has 0 radical (unpaired) electrons. The SMILES string of the molecule is COCCn1c2c([n+](Cc3cnccn3)c1C)C(=O)C1=CCCC=C1C2=O. The predicted octanol–water partition coefficient (Wildman–Crippen LogP) is 1.59. The van der Waals surface area contributed by atoms with E-state index in [4.69, 9.17) is 4.74 Å². The third kappa shape index (κ3) is 2.84. The van der Waals surface area contributed by atoms with Gasteiger partial charge in [-0.3, -0.25) is 19.6 Å². The van der Waals surface area contributed by atoms with Crippen molar-refractivity contribution in [3.05, 3.63) is 64.8 Å². The van der Waals surface area contributed by atoms with Gasteiger partial charge in [-0.25, -0.2) is 9.13 Å². The standard InChI is InChI=1S/C20H21N4O3/c1-13-23(9-10-27-2)17-18(24(13)12-14-11-21-7-8-22-14)20(26)16-6-4-3-5-15(16)19(17)25/h5-8,11H,3-4,9-10,12H2,1-2H3/q+1. The number of hydrogen-bond acceptors (Lipinski definition) is 5. The van der Waals surface area contributed by atoms with E-state index in [1.165, 1.54) is 0 Å². The molecular weight excluding hydrogens is 344 g/mol. The third-order valence-electron chi connectivity index (χ3n) is 5.07. The van der Waals surface area contributed by atoms with Crippen LogP contribution in [0.25, 0.3) is 0 Å². The fourth-order valence-electron chi connectivity index (χ4n) is 3.77. The number of carbonyl (C=O) groups is 2. The summed E-state index contributed by atoms with van der Waals surface area (Å²) in [6.07, 6.45) is 10.2. The molecule has 0 saturated heterocycles. The lowest BCUT2D eigenvalue weighted by atomic mass is 9.83. The Bertz CT molecular complexity index is 986. The molecule has 0 spiro atoms. The average Bonchev–Trinajstić information content (AvgIpc) is 2.97. The number of ketones is 2. The molecule has 0 amide bonds. The van der Waals surface area contributed by atoms with E-state index in [0.717, 1.165) is 24.4 Å². The Morgan fingerprint density at radius 3 is 2.56 bits per heavy atom. The van der Waals surface area contributed by atoms with E-state index in [-0.39, 0.29) is 11.6 Å². The maximum atomic E-state index is 13.3. The second kappa shape index (κ2) is 7.00. The van der Waals surface area contributed by atoms with Crippen molar-refractivity contribution in [2.75, 3.05) is 13.7 Å². The highest BCUT2D eigenvalue weighted by Gasteiger charge is 2.45. The molecule has 138 valence electrons. The van der Waals surface area contributed by atoms with Gasteiger partial charge in [-0.2, -0.15) is 0 Å². The normalized spacial score (nSPS) is 15.9. The molecule has 0 aromatic carbocycles. The van der Waals surface area contributed by atoms with E-state index in [9.17, 15) is 9.59 Å². The van der Waals surface area contributed by atoms with Gasteiger partial charge >= 0.3 is 0 Å². The number of allylic oxidation sites excluding steroid dienone is 4. The summed E-state index contributed by atoms with van der Waals surface area (Å²) in [5.74, 6) is 0.635. The molecule has 0 fully saturated rings. The lowest BCUT2D eigenvalue weighted by molar-refractivity contribution is -0.696. The minimum atomic E-state index is -0.0984. The summed E-state index contributed by atoms with van der Waals surface area (Å²) >= 11 is 0. The van der Waals surface area contributed by atoms with Crippen molar-refractivity contribution in [1.29, 1.82) is 0 Å². The molecule has 7 heteroatoms. The van der Waals surface area contributed by atoms with E-state index in [1.807, 2.05) is 28.2 Å². The number of fused-ring (bicyclic) bond motifs is 2. The molecule has 0 bridgehead atoms. The highest BCUT2D eigenvalue weighted by Crippen LogP contribution is 2.32. The van der Waals surface area contributed by atoms with E-state index >= 15 is 0 Å². The Kier molecular flexibility index (Phi) is 4.53. The predicted molar refractivity (Wildman–Crippen MR) is 96.4 cm³/mol. The van der Waals surface area contributed by atoms with Gasteiger partial charge in [-0.1, -0.05) is 12.2 Å². The fourth-order valence-corrected chi connectivity index (χ4v) is 3.77. The van der Waals surface area contributed by atoms with Crippen molar-refractivity contribution >= 4 is 11.6 Å². The van der Waals surface area contributed by atoms with Crippen LogP contribution in [-0.2, 0) is 17.8 Å². The van der Waals surface area contributed by atoms with Crippen molar-refractivity contribution in [1.82, 2.24) is 14.5 Å². The minimum absolute atomic E-state index is 0.0901. The van der Waals surface area contributed by atoms with Crippen LogP contribution in [0.1, 0.15) is 45.3 Å². The Balaban J connectivity index is 1.91. The van der Waals surface area contributed by atoms with Gasteiger partial charge in [-0.05, 0) is 12.8 Å². The monoisotopic (exact) mass is 365 g/mol. The third-order valence-corrected chi connectivity index (χ3v) is 5.07. The summed E-state index contributed by atoms with van der Waals surface area (Å²) < 4.78 is 8.98. The van der Waals surface area contributed by atoms with Crippen molar-refractivity contribution < 1.29 is 18.9 Å². The second-order valence-corrected chi connectivity index (χ2v) is 6.64. The first-order valence-corrected chi connectivity index (χ1v) is 9.00. The summed E-state index contributed by atoms with van der Waals surface area (Å²) in [6.45, 7) is 3.25. The molecule has 0 aliphatic heterocycles. The van der Waals surface area contributed by atoms with Gasteiger partial charge in [0.15, 0.2) is 0 Å². The van der Waals surface area contributed by atoms with Gasteiger partial charge in [0, 0.05) is 37.6 Å². The fraction of sp³-hybridized carbons (Fsp3) is 0.350. The Morgan fingerprint density at radius 2 is 1.89 bits per heavy atom. The quantitative estimate of drug-likeness (QED) is 0.752. The zero-order valence-electron chi connectivity index (χ0n) is 15.4. The molecule has 2 aliphatic rings. The van der Waals surface area contributed by atoms with E-state index < -0.39 is 0 Å². The zero-order chi connectivity index (χ0) is 19.0. The molecule has 0 atom stereocenters. The summed E-state index contributed by atoms with van der Waals surface area (Å²) in [6, 6.07) is 0. The van der Waals surface area contributed by atoms with E-state index in [0.29, 0.717) is 42.2 Å². The Labute approximate surface area is 157 Å². The van der Waals surface area contributed by atoms with E-state index in [2.05, 4.69) is 9.97 Å². The highest BCUT2D eigenvalue weighted by atomic mass is 16.5. The van der Waals surface area contributed by atoms with Gasteiger partial charge in [0.25, 0.3) is 5.82 Å². The molecule has 7 nitrogen and oxygen atoms in total.